The van der Waals surface area contributed by atoms with Crippen molar-refractivity contribution in [3.63, 3.8) is 0 Å². The third kappa shape index (κ3) is 3.19. The Morgan fingerprint density at radius 1 is 1.67 bits per heavy atom. The maximum absolute atomic E-state index is 5.49. The molecule has 0 aliphatic rings. The molecule has 1 aromatic rings. The average Bonchev–Trinajstić information content (AvgIpc) is 2.35. The number of anilines is 1. The Balaban J connectivity index is 2.24. The molecule has 1 aromatic heterocycles. The Kier molecular flexibility index (Phi) is 3.49. The third-order valence-electron chi connectivity index (χ3n) is 1.43. The molecule has 0 fully saturated rings. The van der Waals surface area contributed by atoms with Crippen LogP contribution in [0.25, 0.3) is 0 Å². The van der Waals surface area contributed by atoms with Gasteiger partial charge >= 0.3 is 0 Å². The molecule has 1 heterocycles. The van der Waals surface area contributed by atoms with E-state index in [1.165, 1.54) is 11.3 Å². The summed E-state index contributed by atoms with van der Waals surface area (Å²) in [5.74, 6) is 0.681. The van der Waals surface area contributed by atoms with Crippen LogP contribution in [0.1, 0.15) is 19.5 Å². The van der Waals surface area contributed by atoms with Crippen molar-refractivity contribution in [1.29, 1.82) is 0 Å². The van der Waals surface area contributed by atoms with E-state index < -0.39 is 0 Å². The summed E-state index contributed by atoms with van der Waals surface area (Å²) in [6, 6.07) is 0. The van der Waals surface area contributed by atoms with Gasteiger partial charge in [-0.25, -0.2) is 4.98 Å². The third-order valence-corrected chi connectivity index (χ3v) is 2.15. The van der Waals surface area contributed by atoms with Crippen molar-refractivity contribution >= 4 is 16.5 Å². The summed E-state index contributed by atoms with van der Waals surface area (Å²) in [7, 11) is 0. The second kappa shape index (κ2) is 4.42. The maximum atomic E-state index is 5.49. The average molecular weight is 185 g/mol. The first-order valence-electron chi connectivity index (χ1n) is 4.09. The van der Waals surface area contributed by atoms with Crippen molar-refractivity contribution in [3.8, 4) is 0 Å². The molecule has 0 bridgehead atoms. The Hall–Kier alpha value is -0.610. The van der Waals surface area contributed by atoms with Gasteiger partial charge in [-0.15, -0.1) is 11.3 Å². The molecule has 4 heteroatoms. The lowest BCUT2D eigenvalue weighted by Gasteiger charge is -2.04. The number of hydrogen-bond acceptors (Lipinski definition) is 4. The van der Waals surface area contributed by atoms with Crippen LogP contribution in [0.3, 0.4) is 0 Å². The fourth-order valence-corrected chi connectivity index (χ4v) is 1.46. The Bertz CT molecular complexity index is 232. The van der Waals surface area contributed by atoms with Crippen LogP contribution in [0.5, 0.6) is 0 Å². The molecule has 0 aliphatic heterocycles. The highest BCUT2D eigenvalue weighted by atomic mass is 32.1. The fraction of sp³-hybridized carbons (Fsp3) is 0.625. The van der Waals surface area contributed by atoms with E-state index in [0.29, 0.717) is 11.0 Å². The Morgan fingerprint density at radius 3 is 2.92 bits per heavy atom. The smallest absolute Gasteiger partial charge is 0.180 e. The molecule has 0 radical (unpaired) electrons. The van der Waals surface area contributed by atoms with E-state index in [1.807, 2.05) is 5.38 Å². The molecule has 0 saturated heterocycles. The monoisotopic (exact) mass is 185 g/mol. The van der Waals surface area contributed by atoms with Crippen LogP contribution in [0.2, 0.25) is 0 Å². The second-order valence-electron chi connectivity index (χ2n) is 3.20. The van der Waals surface area contributed by atoms with Crippen LogP contribution in [0, 0.1) is 5.92 Å². The molecule has 0 saturated carbocycles. The quantitative estimate of drug-likeness (QED) is 0.747. The number of hydrogen-bond donors (Lipinski definition) is 2. The van der Waals surface area contributed by atoms with Crippen LogP contribution < -0.4 is 11.1 Å². The van der Waals surface area contributed by atoms with E-state index in [9.17, 15) is 0 Å². The van der Waals surface area contributed by atoms with Gasteiger partial charge in [0.25, 0.3) is 0 Å². The fourth-order valence-electron chi connectivity index (χ4n) is 0.893. The zero-order chi connectivity index (χ0) is 8.97. The van der Waals surface area contributed by atoms with E-state index in [-0.39, 0.29) is 0 Å². The largest absolute Gasteiger partial charge is 0.375 e. The zero-order valence-corrected chi connectivity index (χ0v) is 8.32. The minimum Gasteiger partial charge on any atom is -0.375 e. The number of aromatic nitrogens is 1. The summed E-state index contributed by atoms with van der Waals surface area (Å²) in [6.45, 7) is 6.22. The number of nitrogens with zero attached hydrogens (tertiary/aromatic N) is 1. The van der Waals surface area contributed by atoms with Crippen molar-refractivity contribution in [2.75, 3.05) is 12.3 Å². The zero-order valence-electron chi connectivity index (χ0n) is 7.50. The lowest BCUT2D eigenvalue weighted by Crippen LogP contribution is -2.19. The topological polar surface area (TPSA) is 50.9 Å². The van der Waals surface area contributed by atoms with Gasteiger partial charge in [-0.1, -0.05) is 13.8 Å². The molecule has 12 heavy (non-hydrogen) atoms. The molecular weight excluding hydrogens is 170 g/mol. The van der Waals surface area contributed by atoms with Gasteiger partial charge in [-0.2, -0.15) is 0 Å². The number of nitrogens with one attached hydrogen (secondary N) is 1. The van der Waals surface area contributed by atoms with Gasteiger partial charge in [0.15, 0.2) is 5.13 Å². The molecule has 0 amide bonds. The minimum absolute atomic E-state index is 0.649. The predicted octanol–water partition coefficient (Wildman–Crippen LogP) is 1.47. The van der Waals surface area contributed by atoms with Gasteiger partial charge in [-0.3, -0.25) is 0 Å². The number of rotatable bonds is 4. The van der Waals surface area contributed by atoms with Crippen molar-refractivity contribution in [3.05, 3.63) is 11.1 Å². The standard InChI is InChI=1S/C8H15N3S/c1-6(2)3-10-4-7-5-12-8(9)11-7/h5-6,10H,3-4H2,1-2H3,(H2,9,11). The Morgan fingerprint density at radius 2 is 2.42 bits per heavy atom. The molecule has 0 unspecified atom stereocenters. The van der Waals surface area contributed by atoms with E-state index >= 15 is 0 Å². The predicted molar refractivity (Wildman–Crippen MR) is 53.1 cm³/mol. The van der Waals surface area contributed by atoms with Gasteiger partial charge < -0.3 is 11.1 Å². The first-order chi connectivity index (χ1) is 5.68. The van der Waals surface area contributed by atoms with Crippen molar-refractivity contribution in [2.24, 2.45) is 5.92 Å². The lowest BCUT2D eigenvalue weighted by molar-refractivity contribution is 0.549. The molecular formula is C8H15N3S. The highest BCUT2D eigenvalue weighted by Crippen LogP contribution is 2.10. The molecule has 1 rings (SSSR count). The van der Waals surface area contributed by atoms with E-state index in [4.69, 9.17) is 5.73 Å². The summed E-state index contributed by atoms with van der Waals surface area (Å²) in [5.41, 5.74) is 6.53. The minimum atomic E-state index is 0.649. The van der Waals surface area contributed by atoms with E-state index in [1.54, 1.807) is 0 Å². The SMILES string of the molecule is CC(C)CNCc1csc(N)n1. The van der Waals surface area contributed by atoms with Crippen LogP contribution in [0.4, 0.5) is 5.13 Å². The molecule has 68 valence electrons. The molecule has 0 aliphatic carbocycles. The molecule has 0 spiro atoms. The van der Waals surface area contributed by atoms with Crippen LogP contribution in [0.15, 0.2) is 5.38 Å². The molecule has 0 aromatic carbocycles. The van der Waals surface area contributed by atoms with Crippen LogP contribution in [-0.2, 0) is 6.54 Å². The molecule has 3 N–H and O–H groups in total. The van der Waals surface area contributed by atoms with Crippen molar-refractivity contribution < 1.29 is 0 Å². The summed E-state index contributed by atoms with van der Waals surface area (Å²) < 4.78 is 0. The van der Waals surface area contributed by atoms with Gasteiger partial charge in [0, 0.05) is 11.9 Å². The van der Waals surface area contributed by atoms with Crippen LogP contribution in [-0.4, -0.2) is 11.5 Å². The van der Waals surface area contributed by atoms with Crippen molar-refractivity contribution in [2.45, 2.75) is 20.4 Å². The Labute approximate surface area is 77.0 Å². The summed E-state index contributed by atoms with van der Waals surface area (Å²) >= 11 is 1.49. The van der Waals surface area contributed by atoms with Crippen LogP contribution >= 0.6 is 11.3 Å². The number of nitrogen functional groups attached to an aromatic ring is 1. The molecule has 0 atom stereocenters. The van der Waals surface area contributed by atoms with Gasteiger partial charge in [0.1, 0.15) is 0 Å². The first kappa shape index (κ1) is 9.48. The van der Waals surface area contributed by atoms with Crippen molar-refractivity contribution in [1.82, 2.24) is 10.3 Å². The van der Waals surface area contributed by atoms with Gasteiger partial charge in [-0.05, 0) is 12.5 Å². The van der Waals surface area contributed by atoms with E-state index in [0.717, 1.165) is 18.8 Å². The normalized spacial score (nSPS) is 10.9. The summed E-state index contributed by atoms with van der Waals surface area (Å²) in [6.07, 6.45) is 0. The first-order valence-corrected chi connectivity index (χ1v) is 4.97. The highest BCUT2D eigenvalue weighted by Gasteiger charge is 1.98. The second-order valence-corrected chi connectivity index (χ2v) is 4.09. The molecule has 3 nitrogen and oxygen atoms in total. The highest BCUT2D eigenvalue weighted by molar-refractivity contribution is 7.13. The lowest BCUT2D eigenvalue weighted by atomic mass is 10.2. The van der Waals surface area contributed by atoms with Gasteiger partial charge in [0.2, 0.25) is 0 Å². The van der Waals surface area contributed by atoms with Gasteiger partial charge in [0.05, 0.1) is 5.69 Å². The maximum Gasteiger partial charge on any atom is 0.180 e. The van der Waals surface area contributed by atoms with E-state index in [2.05, 4.69) is 24.1 Å². The summed E-state index contributed by atoms with van der Waals surface area (Å²) in [5, 5.41) is 5.94. The summed E-state index contributed by atoms with van der Waals surface area (Å²) in [4.78, 5) is 4.14. The number of nitrogens with two attached hydrogens (primary N) is 1. The number of thiazole rings is 1.